The van der Waals surface area contributed by atoms with Crippen LogP contribution >= 0.6 is 15.9 Å². The molecule has 4 nitrogen and oxygen atoms in total. The number of carbonyl (C=O) groups is 1. The maximum atomic E-state index is 10.6. The van der Waals surface area contributed by atoms with E-state index in [0.29, 0.717) is 12.0 Å². The van der Waals surface area contributed by atoms with Crippen molar-refractivity contribution in [2.24, 2.45) is 5.41 Å². The van der Waals surface area contributed by atoms with Crippen LogP contribution in [-0.4, -0.2) is 48.7 Å². The van der Waals surface area contributed by atoms with Crippen molar-refractivity contribution < 1.29 is 9.90 Å². The van der Waals surface area contributed by atoms with Crippen LogP contribution in [0.3, 0.4) is 0 Å². The van der Waals surface area contributed by atoms with Crippen molar-refractivity contribution in [3.05, 3.63) is 28.7 Å². The molecule has 3 rings (SSSR count). The van der Waals surface area contributed by atoms with E-state index in [1.807, 2.05) is 6.07 Å². The fraction of sp³-hybridized carbons (Fsp3) is 0.533. The Balaban J connectivity index is 1.56. The molecule has 5 heteroatoms. The molecule has 1 N–H and O–H groups in total. The Labute approximate surface area is 127 Å². The van der Waals surface area contributed by atoms with Crippen LogP contribution in [0, 0.1) is 5.41 Å². The van der Waals surface area contributed by atoms with Crippen LogP contribution in [0.4, 0.5) is 5.69 Å². The number of hydrogen-bond acceptors (Lipinski definition) is 3. The van der Waals surface area contributed by atoms with E-state index >= 15 is 0 Å². The topological polar surface area (TPSA) is 43.8 Å². The Morgan fingerprint density at radius 1 is 1.30 bits per heavy atom. The molecule has 2 aliphatic heterocycles. The van der Waals surface area contributed by atoms with Gasteiger partial charge in [0.2, 0.25) is 0 Å². The number of likely N-dealkylation sites (tertiary alicyclic amines) is 1. The predicted octanol–water partition coefficient (Wildman–Crippen LogP) is 2.44. The highest BCUT2D eigenvalue weighted by molar-refractivity contribution is 9.10. The molecule has 2 aliphatic rings. The lowest BCUT2D eigenvalue weighted by molar-refractivity contribution is -0.138. The van der Waals surface area contributed by atoms with Gasteiger partial charge in [0.05, 0.1) is 12.1 Å². The zero-order valence-electron chi connectivity index (χ0n) is 11.4. The zero-order chi connectivity index (χ0) is 14.2. The first-order valence-corrected chi connectivity index (χ1v) is 7.81. The second kappa shape index (κ2) is 5.37. The molecule has 0 saturated carbocycles. The van der Waals surface area contributed by atoms with E-state index in [4.69, 9.17) is 5.11 Å². The molecule has 0 radical (unpaired) electrons. The van der Waals surface area contributed by atoms with Gasteiger partial charge in [0.1, 0.15) is 0 Å². The lowest BCUT2D eigenvalue weighted by Crippen LogP contribution is -2.57. The van der Waals surface area contributed by atoms with Crippen LogP contribution in [-0.2, 0) is 4.79 Å². The largest absolute Gasteiger partial charge is 0.481 e. The molecule has 2 fully saturated rings. The van der Waals surface area contributed by atoms with E-state index in [0.717, 1.165) is 30.7 Å². The van der Waals surface area contributed by atoms with Crippen LogP contribution in [0.1, 0.15) is 12.8 Å². The van der Waals surface area contributed by atoms with E-state index in [1.165, 1.54) is 12.1 Å². The monoisotopic (exact) mass is 338 g/mol. The lowest BCUT2D eigenvalue weighted by atomic mass is 9.79. The molecule has 1 aromatic rings. The van der Waals surface area contributed by atoms with Crippen LogP contribution in [0.25, 0.3) is 0 Å². The second-order valence-electron chi connectivity index (χ2n) is 5.98. The number of carboxylic acid groups (broad SMARTS) is 1. The van der Waals surface area contributed by atoms with Gasteiger partial charge in [0.15, 0.2) is 0 Å². The van der Waals surface area contributed by atoms with Crippen LogP contribution in [0.5, 0.6) is 0 Å². The Hall–Kier alpha value is -1.07. The normalized spacial score (nSPS) is 21.1. The van der Waals surface area contributed by atoms with Crippen molar-refractivity contribution >= 4 is 27.6 Å². The standard InChI is InChI=1S/C15H19BrN2O2/c16-12-3-1-2-4-13(12)18-8-6-15(11-18)9-17(10-15)7-5-14(19)20/h1-4H,5-11H2,(H,19,20). The third kappa shape index (κ3) is 2.69. The SMILES string of the molecule is O=C(O)CCN1CC2(CCN(c3ccccc3Br)C2)C1. The predicted molar refractivity (Wildman–Crippen MR) is 82.1 cm³/mol. The van der Waals surface area contributed by atoms with Crippen molar-refractivity contribution in [2.75, 3.05) is 37.6 Å². The van der Waals surface area contributed by atoms with Crippen molar-refractivity contribution in [1.29, 1.82) is 0 Å². The number of aliphatic carboxylic acids is 1. The Morgan fingerprint density at radius 3 is 2.75 bits per heavy atom. The summed E-state index contributed by atoms with van der Waals surface area (Å²) in [4.78, 5) is 15.3. The fourth-order valence-corrected chi connectivity index (χ4v) is 3.96. The van der Waals surface area contributed by atoms with Crippen LogP contribution in [0.15, 0.2) is 28.7 Å². The van der Waals surface area contributed by atoms with E-state index in [9.17, 15) is 4.79 Å². The van der Waals surface area contributed by atoms with E-state index in [-0.39, 0.29) is 6.42 Å². The van der Waals surface area contributed by atoms with Gasteiger partial charge in [0.25, 0.3) is 0 Å². The molecular formula is C15H19BrN2O2. The average Bonchev–Trinajstić information content (AvgIpc) is 2.80. The summed E-state index contributed by atoms with van der Waals surface area (Å²) < 4.78 is 1.15. The van der Waals surface area contributed by atoms with Gasteiger partial charge in [-0.25, -0.2) is 0 Å². The Kier molecular flexibility index (Phi) is 3.73. The van der Waals surface area contributed by atoms with Crippen LogP contribution < -0.4 is 4.90 Å². The molecule has 20 heavy (non-hydrogen) atoms. The molecule has 0 unspecified atom stereocenters. The minimum Gasteiger partial charge on any atom is -0.481 e. The first-order valence-electron chi connectivity index (χ1n) is 7.02. The van der Waals surface area contributed by atoms with Gasteiger partial charge in [-0.1, -0.05) is 12.1 Å². The minimum atomic E-state index is -0.702. The zero-order valence-corrected chi connectivity index (χ0v) is 13.0. The van der Waals surface area contributed by atoms with Gasteiger partial charge in [-0.2, -0.15) is 0 Å². The van der Waals surface area contributed by atoms with Crippen molar-refractivity contribution in [3.63, 3.8) is 0 Å². The Bertz CT molecular complexity index is 514. The van der Waals surface area contributed by atoms with E-state index < -0.39 is 5.97 Å². The average molecular weight is 339 g/mol. The maximum Gasteiger partial charge on any atom is 0.304 e. The number of anilines is 1. The minimum absolute atomic E-state index is 0.254. The van der Waals surface area contributed by atoms with Crippen molar-refractivity contribution in [1.82, 2.24) is 4.90 Å². The summed E-state index contributed by atoms with van der Waals surface area (Å²) in [5, 5.41) is 8.72. The summed E-state index contributed by atoms with van der Waals surface area (Å²) in [6, 6.07) is 8.35. The summed E-state index contributed by atoms with van der Waals surface area (Å²) in [5.41, 5.74) is 1.65. The quantitative estimate of drug-likeness (QED) is 0.915. The molecule has 0 aromatic heterocycles. The highest BCUT2D eigenvalue weighted by Gasteiger charge is 2.47. The summed E-state index contributed by atoms with van der Waals surface area (Å²) in [6.07, 6.45) is 1.46. The van der Waals surface area contributed by atoms with Gasteiger partial charge >= 0.3 is 5.97 Å². The highest BCUT2D eigenvalue weighted by atomic mass is 79.9. The molecule has 2 saturated heterocycles. The second-order valence-corrected chi connectivity index (χ2v) is 6.83. The summed E-state index contributed by atoms with van der Waals surface area (Å²) in [5.74, 6) is -0.702. The summed E-state index contributed by atoms with van der Waals surface area (Å²) in [7, 11) is 0. The number of benzene rings is 1. The lowest BCUT2D eigenvalue weighted by Gasteiger charge is -2.48. The third-order valence-electron chi connectivity index (χ3n) is 4.39. The molecular weight excluding hydrogens is 320 g/mol. The number of nitrogens with zero attached hydrogens (tertiary/aromatic N) is 2. The van der Waals surface area contributed by atoms with Gasteiger partial charge in [-0.05, 0) is 34.5 Å². The summed E-state index contributed by atoms with van der Waals surface area (Å²) >= 11 is 3.62. The smallest absolute Gasteiger partial charge is 0.304 e. The van der Waals surface area contributed by atoms with Gasteiger partial charge < -0.3 is 14.9 Å². The number of carboxylic acids is 1. The maximum absolute atomic E-state index is 10.6. The molecule has 0 atom stereocenters. The molecule has 2 heterocycles. The van der Waals surface area contributed by atoms with Gasteiger partial charge in [0, 0.05) is 42.6 Å². The fourth-order valence-electron chi connectivity index (χ4n) is 3.42. The molecule has 1 aromatic carbocycles. The number of hydrogen-bond donors (Lipinski definition) is 1. The van der Waals surface area contributed by atoms with Crippen LogP contribution in [0.2, 0.25) is 0 Å². The summed E-state index contributed by atoms with van der Waals surface area (Å²) in [6.45, 7) is 4.95. The first kappa shape index (κ1) is 13.9. The highest BCUT2D eigenvalue weighted by Crippen LogP contribution is 2.42. The number of halogens is 1. The van der Waals surface area contributed by atoms with Gasteiger partial charge in [-0.15, -0.1) is 0 Å². The molecule has 108 valence electrons. The molecule has 0 aliphatic carbocycles. The number of para-hydroxylation sites is 1. The molecule has 0 amide bonds. The van der Waals surface area contributed by atoms with E-state index in [2.05, 4.69) is 43.9 Å². The molecule has 1 spiro atoms. The van der Waals surface area contributed by atoms with E-state index in [1.54, 1.807) is 0 Å². The number of rotatable bonds is 4. The van der Waals surface area contributed by atoms with Crippen molar-refractivity contribution in [2.45, 2.75) is 12.8 Å². The Morgan fingerprint density at radius 2 is 2.05 bits per heavy atom. The van der Waals surface area contributed by atoms with Crippen molar-refractivity contribution in [3.8, 4) is 0 Å². The molecule has 0 bridgehead atoms. The first-order chi connectivity index (χ1) is 9.58. The third-order valence-corrected chi connectivity index (χ3v) is 5.06. The van der Waals surface area contributed by atoms with Gasteiger partial charge in [-0.3, -0.25) is 4.79 Å².